The maximum Gasteiger partial charge on any atom is 0.262 e. The number of amides is 1. The van der Waals surface area contributed by atoms with Gasteiger partial charge < -0.3 is 5.32 Å². The van der Waals surface area contributed by atoms with E-state index in [1.54, 1.807) is 4.68 Å². The third-order valence-electron chi connectivity index (χ3n) is 4.13. The van der Waals surface area contributed by atoms with E-state index < -0.39 is 0 Å². The van der Waals surface area contributed by atoms with Crippen molar-refractivity contribution in [1.29, 1.82) is 0 Å². The van der Waals surface area contributed by atoms with Crippen LogP contribution in [0, 0.1) is 6.92 Å². The van der Waals surface area contributed by atoms with E-state index >= 15 is 0 Å². The molecule has 25 heavy (non-hydrogen) atoms. The van der Waals surface area contributed by atoms with Gasteiger partial charge in [0.2, 0.25) is 5.91 Å². The van der Waals surface area contributed by atoms with Crippen LogP contribution in [-0.4, -0.2) is 25.2 Å². The van der Waals surface area contributed by atoms with Crippen LogP contribution in [-0.2, 0) is 24.8 Å². The molecule has 0 aliphatic carbocycles. The van der Waals surface area contributed by atoms with Crippen molar-refractivity contribution in [2.75, 3.05) is 0 Å². The highest BCUT2D eigenvalue weighted by molar-refractivity contribution is 7.18. The number of nitrogens with one attached hydrogen (secondary N) is 1. The van der Waals surface area contributed by atoms with Gasteiger partial charge in [0.05, 0.1) is 23.4 Å². The van der Waals surface area contributed by atoms with Crippen LogP contribution in [0.3, 0.4) is 0 Å². The van der Waals surface area contributed by atoms with E-state index in [1.807, 2.05) is 40.1 Å². The molecule has 0 unspecified atom stereocenters. The van der Waals surface area contributed by atoms with Crippen molar-refractivity contribution in [3.05, 3.63) is 45.1 Å². The summed E-state index contributed by atoms with van der Waals surface area (Å²) < 4.78 is 3.07. The zero-order chi connectivity index (χ0) is 18.1. The SMILES string of the molecule is CCc1cc2c(=O)n(CC(=O)N[C@H](C)c3cn(C)nc3C)cnc2s1. The molecule has 3 heterocycles. The number of carbonyl (C=O) groups is 1. The number of aromatic nitrogens is 4. The highest BCUT2D eigenvalue weighted by Crippen LogP contribution is 2.21. The molecular formula is C17H21N5O2S. The first-order valence-electron chi connectivity index (χ1n) is 8.16. The summed E-state index contributed by atoms with van der Waals surface area (Å²) in [6.07, 6.45) is 4.20. The van der Waals surface area contributed by atoms with Crippen LogP contribution in [0.1, 0.15) is 36.0 Å². The van der Waals surface area contributed by atoms with Crippen LogP contribution in [0.25, 0.3) is 10.2 Å². The van der Waals surface area contributed by atoms with Crippen LogP contribution in [0.15, 0.2) is 23.4 Å². The van der Waals surface area contributed by atoms with Gasteiger partial charge in [-0.05, 0) is 26.3 Å². The second-order valence-corrected chi connectivity index (χ2v) is 7.21. The number of hydrogen-bond acceptors (Lipinski definition) is 5. The van der Waals surface area contributed by atoms with Crippen molar-refractivity contribution in [3.63, 3.8) is 0 Å². The van der Waals surface area contributed by atoms with Gasteiger partial charge in [0.1, 0.15) is 11.4 Å². The lowest BCUT2D eigenvalue weighted by Crippen LogP contribution is -2.33. The maximum absolute atomic E-state index is 12.5. The number of fused-ring (bicyclic) bond motifs is 1. The molecule has 0 fully saturated rings. The van der Waals surface area contributed by atoms with Crippen molar-refractivity contribution in [3.8, 4) is 0 Å². The maximum atomic E-state index is 12.5. The summed E-state index contributed by atoms with van der Waals surface area (Å²) in [7, 11) is 1.84. The molecule has 132 valence electrons. The second kappa shape index (κ2) is 6.79. The summed E-state index contributed by atoms with van der Waals surface area (Å²) >= 11 is 1.52. The van der Waals surface area contributed by atoms with E-state index in [0.29, 0.717) is 5.39 Å². The van der Waals surface area contributed by atoms with Gasteiger partial charge in [0.25, 0.3) is 5.56 Å². The molecule has 3 rings (SSSR count). The molecule has 3 aromatic heterocycles. The van der Waals surface area contributed by atoms with E-state index in [2.05, 4.69) is 15.4 Å². The Balaban J connectivity index is 1.76. The minimum absolute atomic E-state index is 0.0528. The van der Waals surface area contributed by atoms with Gasteiger partial charge in [-0.15, -0.1) is 11.3 Å². The van der Waals surface area contributed by atoms with Crippen molar-refractivity contribution < 1.29 is 4.79 Å². The summed E-state index contributed by atoms with van der Waals surface area (Å²) in [5.74, 6) is -0.232. The van der Waals surface area contributed by atoms with Gasteiger partial charge in [-0.1, -0.05) is 6.92 Å². The van der Waals surface area contributed by atoms with Gasteiger partial charge in [0.15, 0.2) is 0 Å². The molecule has 8 heteroatoms. The third kappa shape index (κ3) is 3.48. The number of thiophene rings is 1. The van der Waals surface area contributed by atoms with E-state index in [1.165, 1.54) is 22.2 Å². The van der Waals surface area contributed by atoms with Crippen molar-refractivity contribution in [1.82, 2.24) is 24.6 Å². The average molecular weight is 359 g/mol. The predicted molar refractivity (Wildman–Crippen MR) is 97.8 cm³/mol. The first-order chi connectivity index (χ1) is 11.9. The molecule has 0 saturated heterocycles. The van der Waals surface area contributed by atoms with Gasteiger partial charge in [-0.2, -0.15) is 5.10 Å². The van der Waals surface area contributed by atoms with Crippen LogP contribution in [0.4, 0.5) is 0 Å². The van der Waals surface area contributed by atoms with Crippen LogP contribution >= 0.6 is 11.3 Å². The second-order valence-electron chi connectivity index (χ2n) is 6.10. The van der Waals surface area contributed by atoms with Crippen molar-refractivity contribution in [2.24, 2.45) is 7.05 Å². The molecular weight excluding hydrogens is 338 g/mol. The Morgan fingerprint density at radius 2 is 2.20 bits per heavy atom. The van der Waals surface area contributed by atoms with E-state index in [-0.39, 0.29) is 24.1 Å². The first kappa shape index (κ1) is 17.3. The Morgan fingerprint density at radius 3 is 2.84 bits per heavy atom. The van der Waals surface area contributed by atoms with E-state index in [0.717, 1.165) is 27.4 Å². The summed E-state index contributed by atoms with van der Waals surface area (Å²) in [4.78, 5) is 31.0. The average Bonchev–Trinajstić information content (AvgIpc) is 3.13. The van der Waals surface area contributed by atoms with Crippen molar-refractivity contribution in [2.45, 2.75) is 39.8 Å². The number of rotatable bonds is 5. The third-order valence-corrected chi connectivity index (χ3v) is 5.31. The summed E-state index contributed by atoms with van der Waals surface area (Å²) in [6, 6.07) is 1.69. The highest BCUT2D eigenvalue weighted by Gasteiger charge is 2.16. The molecule has 0 saturated carbocycles. The largest absolute Gasteiger partial charge is 0.348 e. The topological polar surface area (TPSA) is 81.8 Å². The molecule has 1 atom stereocenters. The number of hydrogen-bond donors (Lipinski definition) is 1. The van der Waals surface area contributed by atoms with E-state index in [9.17, 15) is 9.59 Å². The van der Waals surface area contributed by atoms with Gasteiger partial charge in [0, 0.05) is 23.7 Å². The zero-order valence-corrected chi connectivity index (χ0v) is 15.6. The molecule has 1 N–H and O–H groups in total. The monoisotopic (exact) mass is 359 g/mol. The smallest absolute Gasteiger partial charge is 0.262 e. The van der Waals surface area contributed by atoms with Gasteiger partial charge in [-0.25, -0.2) is 4.98 Å². The van der Waals surface area contributed by atoms with Crippen molar-refractivity contribution >= 4 is 27.5 Å². The molecule has 0 aromatic carbocycles. The molecule has 0 aliphatic rings. The Kier molecular flexibility index (Phi) is 4.71. The minimum Gasteiger partial charge on any atom is -0.348 e. The fourth-order valence-electron chi connectivity index (χ4n) is 2.86. The van der Waals surface area contributed by atoms with Crippen LogP contribution in [0.2, 0.25) is 0 Å². The van der Waals surface area contributed by atoms with Crippen LogP contribution < -0.4 is 10.9 Å². The quantitative estimate of drug-likeness (QED) is 0.755. The first-order valence-corrected chi connectivity index (χ1v) is 8.98. The molecule has 0 spiro atoms. The number of carbonyl (C=O) groups excluding carboxylic acids is 1. The molecule has 0 radical (unpaired) electrons. The van der Waals surface area contributed by atoms with E-state index in [4.69, 9.17) is 0 Å². The van der Waals surface area contributed by atoms with Crippen LogP contribution in [0.5, 0.6) is 0 Å². The Morgan fingerprint density at radius 1 is 1.44 bits per heavy atom. The summed E-state index contributed by atoms with van der Waals surface area (Å²) in [6.45, 7) is 5.79. The normalized spacial score (nSPS) is 12.5. The lowest BCUT2D eigenvalue weighted by atomic mass is 10.1. The summed E-state index contributed by atoms with van der Waals surface area (Å²) in [5.41, 5.74) is 1.66. The highest BCUT2D eigenvalue weighted by atomic mass is 32.1. The summed E-state index contributed by atoms with van der Waals surface area (Å²) in [5, 5.41) is 7.77. The standard InChI is InChI=1S/C17H21N5O2S/c1-5-12-6-13-16(25-12)18-9-22(17(13)24)8-15(23)19-10(2)14-7-21(4)20-11(14)3/h6-7,9-10H,5,8H2,1-4H3,(H,19,23)/t10-/m1/s1. The number of nitrogens with zero attached hydrogens (tertiary/aromatic N) is 4. The Hall–Kier alpha value is -2.48. The van der Waals surface area contributed by atoms with Gasteiger partial charge in [-0.3, -0.25) is 18.8 Å². The minimum atomic E-state index is -0.232. The molecule has 7 nitrogen and oxygen atoms in total. The Labute approximate surface area is 149 Å². The molecule has 3 aromatic rings. The lowest BCUT2D eigenvalue weighted by molar-refractivity contribution is -0.122. The fraction of sp³-hybridized carbons (Fsp3) is 0.412. The molecule has 0 bridgehead atoms. The predicted octanol–water partition coefficient (Wildman–Crippen LogP) is 1.94. The fourth-order valence-corrected chi connectivity index (χ4v) is 3.78. The van der Waals surface area contributed by atoms with Gasteiger partial charge >= 0.3 is 0 Å². The Bertz CT molecular complexity index is 985. The molecule has 1 amide bonds. The number of aryl methyl sites for hydroxylation is 3. The molecule has 0 aliphatic heterocycles. The lowest BCUT2D eigenvalue weighted by Gasteiger charge is -2.13. The zero-order valence-electron chi connectivity index (χ0n) is 14.7.